The Morgan fingerprint density at radius 3 is 2.38 bits per heavy atom. The van der Waals surface area contributed by atoms with Crippen molar-refractivity contribution in [3.05, 3.63) is 35.0 Å². The van der Waals surface area contributed by atoms with Crippen molar-refractivity contribution >= 4 is 16.9 Å². The Balaban J connectivity index is 2.88. The predicted octanol–water partition coefficient (Wildman–Crippen LogP) is 4.61. The van der Waals surface area contributed by atoms with Gasteiger partial charge < -0.3 is 9.67 Å². The molecule has 2 aromatic rings. The summed E-state index contributed by atoms with van der Waals surface area (Å²) in [6.07, 6.45) is 4.23. The summed E-state index contributed by atoms with van der Waals surface area (Å²) in [5, 5.41) is 10.5. The number of aromatic nitrogens is 1. The quantitative estimate of drug-likeness (QED) is 0.892. The number of rotatable bonds is 4. The fourth-order valence-corrected chi connectivity index (χ4v) is 2.92. The Kier molecular flexibility index (Phi) is 4.13. The first-order valence-corrected chi connectivity index (χ1v) is 7.69. The van der Waals surface area contributed by atoms with Crippen LogP contribution in [0.4, 0.5) is 0 Å². The number of benzene rings is 1. The van der Waals surface area contributed by atoms with Gasteiger partial charge in [-0.3, -0.25) is 0 Å². The standard InChI is InChI=1S/C18H25NO2/c1-6-8-12-11-19(7-2)16-14(12)9-13(17(20)21)10-15(16)18(3,4)5/h9-11H,6-8H2,1-5H3,(H,20,21). The first-order valence-electron chi connectivity index (χ1n) is 7.69. The first kappa shape index (κ1) is 15.6. The summed E-state index contributed by atoms with van der Waals surface area (Å²) in [4.78, 5) is 11.5. The van der Waals surface area contributed by atoms with Gasteiger partial charge in [-0.25, -0.2) is 4.79 Å². The number of nitrogens with zero attached hydrogens (tertiary/aromatic N) is 1. The minimum absolute atomic E-state index is 0.0849. The van der Waals surface area contributed by atoms with E-state index in [4.69, 9.17) is 0 Å². The molecule has 1 N–H and O–H groups in total. The van der Waals surface area contributed by atoms with Crippen molar-refractivity contribution in [3.8, 4) is 0 Å². The monoisotopic (exact) mass is 287 g/mol. The van der Waals surface area contributed by atoms with E-state index >= 15 is 0 Å². The van der Waals surface area contributed by atoms with E-state index in [1.165, 1.54) is 11.1 Å². The van der Waals surface area contributed by atoms with E-state index in [-0.39, 0.29) is 5.41 Å². The zero-order chi connectivity index (χ0) is 15.8. The minimum atomic E-state index is -0.853. The number of fused-ring (bicyclic) bond motifs is 1. The molecular weight excluding hydrogens is 262 g/mol. The molecule has 1 aromatic heterocycles. The van der Waals surface area contributed by atoms with Crippen LogP contribution in [-0.4, -0.2) is 15.6 Å². The fraction of sp³-hybridized carbons (Fsp3) is 0.500. The molecule has 0 aliphatic heterocycles. The van der Waals surface area contributed by atoms with Crippen molar-refractivity contribution in [1.82, 2.24) is 4.57 Å². The molecule has 0 saturated heterocycles. The molecule has 21 heavy (non-hydrogen) atoms. The van der Waals surface area contributed by atoms with Gasteiger partial charge in [0.25, 0.3) is 0 Å². The highest BCUT2D eigenvalue weighted by molar-refractivity contribution is 5.97. The normalized spacial score (nSPS) is 12.0. The van der Waals surface area contributed by atoms with Crippen LogP contribution in [0, 0.1) is 0 Å². The maximum absolute atomic E-state index is 11.5. The second-order valence-electron chi connectivity index (χ2n) is 6.67. The molecule has 0 saturated carbocycles. The number of aromatic carboxylic acids is 1. The van der Waals surface area contributed by atoms with Crippen LogP contribution in [0.25, 0.3) is 10.9 Å². The lowest BCUT2D eigenvalue weighted by atomic mass is 9.84. The second-order valence-corrected chi connectivity index (χ2v) is 6.67. The molecule has 0 radical (unpaired) electrons. The molecular formula is C18H25NO2. The van der Waals surface area contributed by atoms with Crippen LogP contribution in [-0.2, 0) is 18.4 Å². The van der Waals surface area contributed by atoms with Crippen LogP contribution in [0.15, 0.2) is 18.3 Å². The molecule has 0 spiro atoms. The summed E-state index contributed by atoms with van der Waals surface area (Å²) in [7, 11) is 0. The zero-order valence-electron chi connectivity index (χ0n) is 13.7. The van der Waals surface area contributed by atoms with E-state index in [0.717, 1.165) is 30.3 Å². The molecule has 0 aliphatic carbocycles. The predicted molar refractivity (Wildman–Crippen MR) is 87.3 cm³/mol. The Morgan fingerprint density at radius 2 is 1.90 bits per heavy atom. The number of carboxylic acids is 1. The van der Waals surface area contributed by atoms with Gasteiger partial charge in [0.2, 0.25) is 0 Å². The number of aryl methyl sites for hydroxylation is 2. The summed E-state index contributed by atoms with van der Waals surface area (Å²) in [5.41, 5.74) is 3.86. The van der Waals surface area contributed by atoms with E-state index in [0.29, 0.717) is 5.56 Å². The maximum atomic E-state index is 11.5. The highest BCUT2D eigenvalue weighted by Crippen LogP contribution is 2.34. The molecule has 0 atom stereocenters. The van der Waals surface area contributed by atoms with Crippen molar-refractivity contribution in [2.75, 3.05) is 0 Å². The number of carboxylic acid groups (broad SMARTS) is 1. The van der Waals surface area contributed by atoms with E-state index in [1.54, 1.807) is 0 Å². The third-order valence-corrected chi connectivity index (χ3v) is 3.97. The molecule has 0 fully saturated rings. The highest BCUT2D eigenvalue weighted by atomic mass is 16.4. The Bertz CT molecular complexity index is 675. The van der Waals surface area contributed by atoms with Gasteiger partial charge in [0.1, 0.15) is 0 Å². The third kappa shape index (κ3) is 2.82. The lowest BCUT2D eigenvalue weighted by molar-refractivity contribution is 0.0697. The minimum Gasteiger partial charge on any atom is -0.478 e. The molecule has 0 aliphatic rings. The molecule has 114 valence electrons. The number of carbonyl (C=O) groups is 1. The van der Waals surface area contributed by atoms with Crippen LogP contribution in [0.5, 0.6) is 0 Å². The van der Waals surface area contributed by atoms with Crippen molar-refractivity contribution in [3.63, 3.8) is 0 Å². The van der Waals surface area contributed by atoms with Crippen molar-refractivity contribution in [1.29, 1.82) is 0 Å². The van der Waals surface area contributed by atoms with E-state index in [2.05, 4.69) is 45.4 Å². The summed E-state index contributed by atoms with van der Waals surface area (Å²) in [6, 6.07) is 3.68. The number of hydrogen-bond donors (Lipinski definition) is 1. The Morgan fingerprint density at radius 1 is 1.24 bits per heavy atom. The Hall–Kier alpha value is -1.77. The van der Waals surface area contributed by atoms with Crippen molar-refractivity contribution < 1.29 is 9.90 Å². The largest absolute Gasteiger partial charge is 0.478 e. The fourth-order valence-electron chi connectivity index (χ4n) is 2.92. The zero-order valence-corrected chi connectivity index (χ0v) is 13.7. The SMILES string of the molecule is CCCc1cn(CC)c2c(C(C)(C)C)cc(C(=O)O)cc12. The van der Waals surface area contributed by atoms with Gasteiger partial charge in [-0.15, -0.1) is 0 Å². The summed E-state index contributed by atoms with van der Waals surface area (Å²) in [5.74, 6) is -0.853. The molecule has 0 bridgehead atoms. The van der Waals surface area contributed by atoms with Crippen LogP contribution < -0.4 is 0 Å². The molecule has 0 unspecified atom stereocenters. The molecule has 3 heteroatoms. The lowest BCUT2D eigenvalue weighted by Gasteiger charge is -2.22. The van der Waals surface area contributed by atoms with Gasteiger partial charge in [-0.1, -0.05) is 34.1 Å². The van der Waals surface area contributed by atoms with E-state index in [1.807, 2.05) is 12.1 Å². The second kappa shape index (κ2) is 5.55. The van der Waals surface area contributed by atoms with Gasteiger partial charge in [-0.05, 0) is 42.0 Å². The molecule has 1 aromatic carbocycles. The van der Waals surface area contributed by atoms with Gasteiger partial charge >= 0.3 is 5.97 Å². The van der Waals surface area contributed by atoms with Crippen LogP contribution in [0.2, 0.25) is 0 Å². The third-order valence-electron chi connectivity index (χ3n) is 3.97. The molecule has 2 rings (SSSR count). The van der Waals surface area contributed by atoms with Crippen molar-refractivity contribution in [2.45, 2.75) is 59.4 Å². The van der Waals surface area contributed by atoms with Gasteiger partial charge in [-0.2, -0.15) is 0 Å². The highest BCUT2D eigenvalue weighted by Gasteiger charge is 2.23. The van der Waals surface area contributed by atoms with Gasteiger partial charge in [0.05, 0.1) is 11.1 Å². The molecule has 0 amide bonds. The van der Waals surface area contributed by atoms with Crippen LogP contribution in [0.1, 0.15) is 62.5 Å². The molecule has 3 nitrogen and oxygen atoms in total. The average molecular weight is 287 g/mol. The van der Waals surface area contributed by atoms with E-state index in [9.17, 15) is 9.90 Å². The maximum Gasteiger partial charge on any atom is 0.335 e. The summed E-state index contributed by atoms with van der Waals surface area (Å²) < 4.78 is 2.26. The van der Waals surface area contributed by atoms with Crippen molar-refractivity contribution in [2.24, 2.45) is 0 Å². The number of hydrogen-bond acceptors (Lipinski definition) is 1. The van der Waals surface area contributed by atoms with E-state index < -0.39 is 5.97 Å². The van der Waals surface area contributed by atoms with Crippen LogP contribution in [0.3, 0.4) is 0 Å². The first-order chi connectivity index (χ1) is 9.79. The van der Waals surface area contributed by atoms with Crippen LogP contribution >= 0.6 is 0 Å². The smallest absolute Gasteiger partial charge is 0.335 e. The summed E-state index contributed by atoms with van der Waals surface area (Å²) >= 11 is 0. The average Bonchev–Trinajstić information content (AvgIpc) is 2.75. The lowest BCUT2D eigenvalue weighted by Crippen LogP contribution is -2.15. The topological polar surface area (TPSA) is 42.2 Å². The molecule has 1 heterocycles. The van der Waals surface area contributed by atoms with Gasteiger partial charge in [0.15, 0.2) is 0 Å². The van der Waals surface area contributed by atoms with Gasteiger partial charge in [0, 0.05) is 18.1 Å². The Labute approximate surface area is 126 Å². The summed E-state index contributed by atoms with van der Waals surface area (Å²) in [6.45, 7) is 11.6.